The number of nitrogens with one attached hydrogen (secondary N) is 2. The molecule has 1 amide bonds. The fourth-order valence-corrected chi connectivity index (χ4v) is 2.96. The number of hydrogen-bond donors (Lipinski definition) is 2. The number of hydrogen-bond acceptors (Lipinski definition) is 5. The molecule has 0 aromatic heterocycles. The number of carbonyl (C=O) groups is 1. The maximum absolute atomic E-state index is 11.4. The number of nitro groups is 1. The zero-order chi connectivity index (χ0) is 15.0. The summed E-state index contributed by atoms with van der Waals surface area (Å²) in [4.78, 5) is 24.5. The van der Waals surface area contributed by atoms with Crippen LogP contribution < -0.4 is 10.6 Å². The molecule has 1 saturated heterocycles. The molecule has 7 nitrogen and oxygen atoms in total. The van der Waals surface area contributed by atoms with Gasteiger partial charge in [-0.15, -0.1) is 0 Å². The summed E-state index contributed by atoms with van der Waals surface area (Å²) < 4.78 is 0. The Morgan fingerprint density at radius 2 is 2.24 bits per heavy atom. The molecule has 112 valence electrons. The average Bonchev–Trinajstić information content (AvgIpc) is 2.83. The number of nitrogens with zero attached hydrogens (tertiary/aromatic N) is 2. The number of fused-ring (bicyclic) bond motifs is 1. The van der Waals surface area contributed by atoms with Gasteiger partial charge in [0, 0.05) is 25.1 Å². The molecule has 7 heteroatoms. The van der Waals surface area contributed by atoms with E-state index in [1.54, 1.807) is 0 Å². The van der Waals surface area contributed by atoms with Crippen LogP contribution in [0.4, 0.5) is 17.1 Å². The normalized spacial score (nSPS) is 21.8. The first kappa shape index (κ1) is 13.8. The lowest BCUT2D eigenvalue weighted by molar-refractivity contribution is -0.383. The Morgan fingerprint density at radius 3 is 2.90 bits per heavy atom. The summed E-state index contributed by atoms with van der Waals surface area (Å²) in [6, 6.07) is 3.50. The third-order valence-corrected chi connectivity index (χ3v) is 4.06. The minimum absolute atomic E-state index is 0.0190. The van der Waals surface area contributed by atoms with E-state index in [1.165, 1.54) is 6.07 Å². The third-order valence-electron chi connectivity index (χ3n) is 4.06. The molecule has 2 heterocycles. The summed E-state index contributed by atoms with van der Waals surface area (Å²) in [6.45, 7) is 1.87. The van der Waals surface area contributed by atoms with Gasteiger partial charge in [0.15, 0.2) is 0 Å². The van der Waals surface area contributed by atoms with Gasteiger partial charge in [-0.25, -0.2) is 0 Å². The van der Waals surface area contributed by atoms with Crippen molar-refractivity contribution in [2.24, 2.45) is 0 Å². The highest BCUT2D eigenvalue weighted by Crippen LogP contribution is 2.35. The van der Waals surface area contributed by atoms with Crippen molar-refractivity contribution in [3.63, 3.8) is 0 Å². The van der Waals surface area contributed by atoms with E-state index in [9.17, 15) is 14.9 Å². The second-order valence-electron chi connectivity index (χ2n) is 5.72. The molecule has 0 saturated carbocycles. The predicted octanol–water partition coefficient (Wildman–Crippen LogP) is 1.60. The highest BCUT2D eigenvalue weighted by atomic mass is 16.6. The van der Waals surface area contributed by atoms with Crippen LogP contribution >= 0.6 is 0 Å². The second-order valence-corrected chi connectivity index (χ2v) is 5.72. The van der Waals surface area contributed by atoms with E-state index < -0.39 is 4.92 Å². The second kappa shape index (κ2) is 5.33. The summed E-state index contributed by atoms with van der Waals surface area (Å²) in [5.41, 5.74) is 2.08. The average molecular weight is 290 g/mol. The van der Waals surface area contributed by atoms with Gasteiger partial charge in [-0.2, -0.15) is 0 Å². The predicted molar refractivity (Wildman–Crippen MR) is 79.6 cm³/mol. The van der Waals surface area contributed by atoms with E-state index in [2.05, 4.69) is 15.5 Å². The van der Waals surface area contributed by atoms with Crippen molar-refractivity contribution in [2.45, 2.75) is 25.3 Å². The number of amides is 1. The molecule has 3 rings (SSSR count). The minimum Gasteiger partial charge on any atom is -0.375 e. The van der Waals surface area contributed by atoms with Crippen molar-refractivity contribution in [1.29, 1.82) is 0 Å². The van der Waals surface area contributed by atoms with Crippen LogP contribution in [-0.4, -0.2) is 41.9 Å². The molecule has 0 spiro atoms. The minimum atomic E-state index is -0.401. The van der Waals surface area contributed by atoms with Gasteiger partial charge < -0.3 is 15.5 Å². The summed E-state index contributed by atoms with van der Waals surface area (Å²) in [5, 5.41) is 17.3. The van der Waals surface area contributed by atoms with Crippen LogP contribution in [0.1, 0.15) is 18.4 Å². The summed E-state index contributed by atoms with van der Waals surface area (Å²) in [7, 11) is 2.04. The number of anilines is 2. The smallest absolute Gasteiger partial charge is 0.294 e. The molecule has 2 aliphatic rings. The first-order valence-electron chi connectivity index (χ1n) is 7.09. The standard InChI is InChI=1S/C14H18N4O3/c1-17-5-4-10(8-17)15-12-6-9-2-3-14(19)16-11(9)7-13(12)18(20)21/h6-7,10,15H,2-5,8H2,1H3,(H,16,19). The fourth-order valence-electron chi connectivity index (χ4n) is 2.96. The summed E-state index contributed by atoms with van der Waals surface area (Å²) in [5.74, 6) is -0.0880. The topological polar surface area (TPSA) is 87.5 Å². The van der Waals surface area contributed by atoms with Crippen LogP contribution in [0.15, 0.2) is 12.1 Å². The van der Waals surface area contributed by atoms with Crippen molar-refractivity contribution >= 4 is 23.0 Å². The monoisotopic (exact) mass is 290 g/mol. The number of likely N-dealkylation sites (N-methyl/N-ethyl adjacent to an activating group) is 1. The lowest BCUT2D eigenvalue weighted by Gasteiger charge is -2.20. The molecule has 0 bridgehead atoms. The maximum Gasteiger partial charge on any atom is 0.294 e. The van der Waals surface area contributed by atoms with Gasteiger partial charge in [0.05, 0.1) is 10.6 Å². The van der Waals surface area contributed by atoms with Crippen molar-refractivity contribution in [2.75, 3.05) is 30.8 Å². The van der Waals surface area contributed by atoms with Crippen molar-refractivity contribution in [1.82, 2.24) is 4.90 Å². The first-order valence-corrected chi connectivity index (χ1v) is 7.09. The van der Waals surface area contributed by atoms with E-state index in [0.29, 0.717) is 24.2 Å². The van der Waals surface area contributed by atoms with E-state index in [4.69, 9.17) is 0 Å². The number of nitro benzene ring substituents is 1. The van der Waals surface area contributed by atoms with Gasteiger partial charge in [0.25, 0.3) is 5.69 Å². The number of benzene rings is 1. The Hall–Kier alpha value is -2.15. The summed E-state index contributed by atoms with van der Waals surface area (Å²) >= 11 is 0. The van der Waals surface area contributed by atoms with Crippen LogP contribution in [0.5, 0.6) is 0 Å². The van der Waals surface area contributed by atoms with Crippen LogP contribution in [0.2, 0.25) is 0 Å². The number of carbonyl (C=O) groups excluding carboxylic acids is 1. The summed E-state index contributed by atoms with van der Waals surface area (Å²) in [6.07, 6.45) is 2.02. The highest BCUT2D eigenvalue weighted by molar-refractivity contribution is 5.95. The Kier molecular flexibility index (Phi) is 3.50. The lowest BCUT2D eigenvalue weighted by atomic mass is 10.0. The van der Waals surface area contributed by atoms with Gasteiger partial charge in [0.2, 0.25) is 5.91 Å². The molecule has 2 aliphatic heterocycles. The molecule has 1 fully saturated rings. The van der Waals surface area contributed by atoms with Crippen LogP contribution in [0.3, 0.4) is 0 Å². The van der Waals surface area contributed by atoms with Gasteiger partial charge in [0.1, 0.15) is 5.69 Å². The van der Waals surface area contributed by atoms with E-state index in [1.807, 2.05) is 13.1 Å². The van der Waals surface area contributed by atoms with Crippen molar-refractivity contribution < 1.29 is 9.72 Å². The molecule has 21 heavy (non-hydrogen) atoms. The highest BCUT2D eigenvalue weighted by Gasteiger charge is 2.26. The van der Waals surface area contributed by atoms with Crippen LogP contribution in [0, 0.1) is 10.1 Å². The van der Waals surface area contributed by atoms with Crippen molar-refractivity contribution in [3.05, 3.63) is 27.8 Å². The molecule has 1 unspecified atom stereocenters. The molecule has 1 aromatic carbocycles. The first-order chi connectivity index (χ1) is 10.0. The van der Waals surface area contributed by atoms with Gasteiger partial charge in [-0.05, 0) is 38.1 Å². The molecule has 1 aromatic rings. The zero-order valence-corrected chi connectivity index (χ0v) is 11.9. The van der Waals surface area contributed by atoms with Gasteiger partial charge in [-0.1, -0.05) is 0 Å². The molecule has 2 N–H and O–H groups in total. The lowest BCUT2D eigenvalue weighted by Crippen LogP contribution is -2.24. The number of likely N-dealkylation sites (tertiary alicyclic amines) is 1. The Morgan fingerprint density at radius 1 is 1.43 bits per heavy atom. The molecular weight excluding hydrogens is 272 g/mol. The SMILES string of the molecule is CN1CCC(Nc2cc3c(cc2[N+](=O)[O-])NC(=O)CC3)C1. The largest absolute Gasteiger partial charge is 0.375 e. The van der Waals surface area contributed by atoms with Crippen LogP contribution in [-0.2, 0) is 11.2 Å². The van der Waals surface area contributed by atoms with E-state index in [-0.39, 0.29) is 17.6 Å². The maximum atomic E-state index is 11.4. The van der Waals surface area contributed by atoms with E-state index >= 15 is 0 Å². The Balaban J connectivity index is 1.91. The molecule has 0 aliphatic carbocycles. The molecular formula is C14H18N4O3. The number of aryl methyl sites for hydroxylation is 1. The van der Waals surface area contributed by atoms with Crippen molar-refractivity contribution in [3.8, 4) is 0 Å². The molecule has 0 radical (unpaired) electrons. The van der Waals surface area contributed by atoms with Crippen LogP contribution in [0.25, 0.3) is 0 Å². The van der Waals surface area contributed by atoms with Gasteiger partial charge >= 0.3 is 0 Å². The fraction of sp³-hybridized carbons (Fsp3) is 0.500. The molecule has 1 atom stereocenters. The quantitative estimate of drug-likeness (QED) is 0.652. The Labute approximate surface area is 122 Å². The third kappa shape index (κ3) is 2.82. The zero-order valence-electron chi connectivity index (χ0n) is 11.9. The Bertz CT molecular complexity index is 602. The number of rotatable bonds is 3. The van der Waals surface area contributed by atoms with Gasteiger partial charge in [-0.3, -0.25) is 14.9 Å². The van der Waals surface area contributed by atoms with E-state index in [0.717, 1.165) is 25.1 Å².